The van der Waals surface area contributed by atoms with Crippen molar-refractivity contribution in [3.8, 4) is 0 Å². The van der Waals surface area contributed by atoms with Crippen molar-refractivity contribution in [2.24, 2.45) is 11.1 Å². The largest absolute Gasteiger partial charge is 0.478 e. The number of carboxylic acid groups (broad SMARTS) is 1. The number of hydrogen-bond acceptors (Lipinski definition) is 3. The van der Waals surface area contributed by atoms with Crippen molar-refractivity contribution < 1.29 is 19.1 Å². The van der Waals surface area contributed by atoms with Crippen molar-refractivity contribution in [3.05, 3.63) is 29.6 Å². The number of aromatic carboxylic acids is 1. The minimum atomic E-state index is -1.29. The second kappa shape index (κ2) is 5.20. The maximum absolute atomic E-state index is 13.8. The molecule has 0 bridgehead atoms. The molecule has 6 heteroatoms. The molecule has 0 heterocycles. The number of para-hydroxylation sites is 1. The van der Waals surface area contributed by atoms with Gasteiger partial charge in [0.25, 0.3) is 0 Å². The van der Waals surface area contributed by atoms with Crippen LogP contribution in [0.2, 0.25) is 0 Å². The van der Waals surface area contributed by atoms with E-state index in [-0.39, 0.29) is 17.3 Å². The van der Waals surface area contributed by atoms with Gasteiger partial charge < -0.3 is 16.2 Å². The number of halogens is 1. The lowest BCUT2D eigenvalue weighted by Gasteiger charge is -2.27. The molecule has 4 N–H and O–H groups in total. The lowest BCUT2D eigenvalue weighted by atomic mass is 9.84. The van der Waals surface area contributed by atoms with Crippen molar-refractivity contribution in [1.29, 1.82) is 0 Å². The molecule has 1 aliphatic carbocycles. The van der Waals surface area contributed by atoms with Gasteiger partial charge in [-0.1, -0.05) is 12.5 Å². The van der Waals surface area contributed by atoms with Crippen molar-refractivity contribution in [2.45, 2.75) is 32.2 Å². The van der Waals surface area contributed by atoms with Gasteiger partial charge in [0.15, 0.2) is 0 Å². The van der Waals surface area contributed by atoms with Gasteiger partial charge in [0.05, 0.1) is 16.7 Å². The number of carboxylic acids is 1. The Balaban J connectivity index is 2.31. The number of rotatable bonds is 3. The minimum Gasteiger partial charge on any atom is -0.478 e. The van der Waals surface area contributed by atoms with E-state index >= 15 is 0 Å². The average molecular weight is 280 g/mol. The summed E-state index contributed by atoms with van der Waals surface area (Å²) in [7, 11) is 0. The topological polar surface area (TPSA) is 92.4 Å². The molecule has 1 fully saturated rings. The Morgan fingerprint density at radius 1 is 1.50 bits per heavy atom. The zero-order chi connectivity index (χ0) is 14.9. The first-order chi connectivity index (χ1) is 9.36. The summed E-state index contributed by atoms with van der Waals surface area (Å²) in [6.07, 6.45) is 2.16. The fraction of sp³-hybridized carbons (Fsp3) is 0.429. The van der Waals surface area contributed by atoms with Crippen LogP contribution < -0.4 is 11.1 Å². The Kier molecular flexibility index (Phi) is 3.76. The number of carbonyl (C=O) groups excluding carboxylic acids is 1. The van der Waals surface area contributed by atoms with Gasteiger partial charge >= 0.3 is 5.97 Å². The van der Waals surface area contributed by atoms with Crippen LogP contribution in [0.4, 0.5) is 10.1 Å². The van der Waals surface area contributed by atoms with E-state index in [1.165, 1.54) is 12.1 Å². The molecule has 108 valence electrons. The van der Waals surface area contributed by atoms with E-state index in [0.717, 1.165) is 18.9 Å². The maximum Gasteiger partial charge on any atom is 0.337 e. The summed E-state index contributed by atoms with van der Waals surface area (Å²) in [4.78, 5) is 23.4. The van der Waals surface area contributed by atoms with Crippen LogP contribution in [0.25, 0.3) is 0 Å². The molecule has 2 atom stereocenters. The van der Waals surface area contributed by atoms with Gasteiger partial charge in [0.1, 0.15) is 5.82 Å². The minimum absolute atomic E-state index is 0.270. The molecule has 1 amide bonds. The first-order valence-electron chi connectivity index (χ1n) is 6.45. The van der Waals surface area contributed by atoms with Gasteiger partial charge in [-0.3, -0.25) is 4.79 Å². The van der Waals surface area contributed by atoms with Crippen molar-refractivity contribution in [3.63, 3.8) is 0 Å². The molecular formula is C14H17FN2O3. The third-order valence-electron chi connectivity index (χ3n) is 4.03. The predicted molar refractivity (Wildman–Crippen MR) is 71.9 cm³/mol. The molecule has 5 nitrogen and oxygen atoms in total. The van der Waals surface area contributed by atoms with E-state index in [9.17, 15) is 14.0 Å². The number of nitrogens with two attached hydrogens (primary N) is 1. The Morgan fingerprint density at radius 2 is 2.20 bits per heavy atom. The van der Waals surface area contributed by atoms with E-state index in [1.54, 1.807) is 6.92 Å². The highest BCUT2D eigenvalue weighted by atomic mass is 19.1. The monoisotopic (exact) mass is 280 g/mol. The third-order valence-corrected chi connectivity index (χ3v) is 4.03. The highest BCUT2D eigenvalue weighted by Gasteiger charge is 2.43. The molecular weight excluding hydrogens is 263 g/mol. The van der Waals surface area contributed by atoms with Crippen molar-refractivity contribution >= 4 is 17.6 Å². The van der Waals surface area contributed by atoms with Gasteiger partial charge in [-0.05, 0) is 31.9 Å². The fourth-order valence-electron chi connectivity index (χ4n) is 2.56. The van der Waals surface area contributed by atoms with Crippen LogP contribution in [0.5, 0.6) is 0 Å². The molecule has 20 heavy (non-hydrogen) atoms. The second-order valence-electron chi connectivity index (χ2n) is 5.34. The summed E-state index contributed by atoms with van der Waals surface area (Å²) >= 11 is 0. The summed E-state index contributed by atoms with van der Waals surface area (Å²) in [5.74, 6) is -2.50. The fourth-order valence-corrected chi connectivity index (χ4v) is 2.56. The SMILES string of the molecule is CC1(C(=O)Nc2c(F)cccc2C(=O)O)CCCC1N. The predicted octanol–water partition coefficient (Wildman–Crippen LogP) is 1.98. The van der Waals surface area contributed by atoms with E-state index in [0.29, 0.717) is 6.42 Å². The number of carbonyl (C=O) groups is 2. The summed E-state index contributed by atoms with van der Waals surface area (Å²) in [5, 5.41) is 11.4. The van der Waals surface area contributed by atoms with Crippen LogP contribution in [-0.4, -0.2) is 23.0 Å². The lowest BCUT2D eigenvalue weighted by Crippen LogP contribution is -2.44. The molecule has 0 aliphatic heterocycles. The van der Waals surface area contributed by atoms with Gasteiger partial charge in [0.2, 0.25) is 5.91 Å². The molecule has 0 saturated heterocycles. The highest BCUT2D eigenvalue weighted by Crippen LogP contribution is 2.38. The van der Waals surface area contributed by atoms with E-state index in [1.807, 2.05) is 0 Å². The van der Waals surface area contributed by atoms with Crippen LogP contribution in [-0.2, 0) is 4.79 Å². The summed E-state index contributed by atoms with van der Waals surface area (Å²) < 4.78 is 13.8. The van der Waals surface area contributed by atoms with Crippen LogP contribution >= 0.6 is 0 Å². The van der Waals surface area contributed by atoms with Gasteiger partial charge in [-0.25, -0.2) is 9.18 Å². The zero-order valence-electron chi connectivity index (χ0n) is 11.1. The number of amides is 1. The number of anilines is 1. The molecule has 1 aliphatic rings. The van der Waals surface area contributed by atoms with Crippen molar-refractivity contribution in [1.82, 2.24) is 0 Å². The first-order valence-corrected chi connectivity index (χ1v) is 6.45. The normalized spacial score (nSPS) is 25.4. The molecule has 0 spiro atoms. The van der Waals surface area contributed by atoms with Crippen molar-refractivity contribution in [2.75, 3.05) is 5.32 Å². The Bertz CT molecular complexity index is 561. The second-order valence-corrected chi connectivity index (χ2v) is 5.34. The summed E-state index contributed by atoms with van der Waals surface area (Å²) in [5.41, 5.74) is 4.57. The van der Waals surface area contributed by atoms with Crippen LogP contribution in [0.15, 0.2) is 18.2 Å². The van der Waals surface area contributed by atoms with E-state index in [2.05, 4.69) is 5.32 Å². The number of hydrogen-bond donors (Lipinski definition) is 3. The molecule has 1 aromatic carbocycles. The standard InChI is InChI=1S/C14H17FN2O3/c1-14(7-3-6-10(14)16)13(20)17-11-8(12(18)19)4-2-5-9(11)15/h2,4-5,10H,3,6-7,16H2,1H3,(H,17,20)(H,18,19). The van der Waals surface area contributed by atoms with E-state index < -0.39 is 23.1 Å². The summed E-state index contributed by atoms with van der Waals surface area (Å²) in [6, 6.07) is 3.34. The molecule has 1 saturated carbocycles. The molecule has 0 aromatic heterocycles. The van der Waals surface area contributed by atoms with Gasteiger partial charge in [-0.15, -0.1) is 0 Å². The smallest absolute Gasteiger partial charge is 0.337 e. The molecule has 1 aromatic rings. The molecule has 2 unspecified atom stereocenters. The van der Waals surface area contributed by atoms with Gasteiger partial charge in [-0.2, -0.15) is 0 Å². The Hall–Kier alpha value is -1.95. The average Bonchev–Trinajstić information content (AvgIpc) is 2.73. The maximum atomic E-state index is 13.8. The lowest BCUT2D eigenvalue weighted by molar-refractivity contribution is -0.125. The third kappa shape index (κ3) is 2.38. The van der Waals surface area contributed by atoms with Crippen LogP contribution in [0.1, 0.15) is 36.5 Å². The summed E-state index contributed by atoms with van der Waals surface area (Å²) in [6.45, 7) is 1.72. The Morgan fingerprint density at radius 3 is 2.75 bits per heavy atom. The number of benzene rings is 1. The first kappa shape index (κ1) is 14.5. The van der Waals surface area contributed by atoms with Crippen LogP contribution in [0, 0.1) is 11.2 Å². The number of nitrogens with one attached hydrogen (secondary N) is 1. The van der Waals surface area contributed by atoms with E-state index in [4.69, 9.17) is 10.8 Å². The Labute approximate surface area is 116 Å². The van der Waals surface area contributed by atoms with Crippen LogP contribution in [0.3, 0.4) is 0 Å². The van der Waals surface area contributed by atoms with Gasteiger partial charge in [0, 0.05) is 6.04 Å². The quantitative estimate of drug-likeness (QED) is 0.789. The zero-order valence-corrected chi connectivity index (χ0v) is 11.1. The molecule has 0 radical (unpaired) electrons. The highest BCUT2D eigenvalue weighted by molar-refractivity contribution is 6.02. The molecule has 2 rings (SSSR count).